The number of nitrogens with two attached hydrogens (primary N) is 1. The van der Waals surface area contributed by atoms with Gasteiger partial charge >= 0.3 is 0 Å². The van der Waals surface area contributed by atoms with E-state index >= 15 is 0 Å². The molecule has 0 radical (unpaired) electrons. The number of allylic oxidation sites excluding steroid dienone is 1. The molecule has 0 spiro atoms. The number of carbonyl (C=O) groups is 1. The Bertz CT molecular complexity index is 299. The molecule has 1 heterocycles. The van der Waals surface area contributed by atoms with Gasteiger partial charge in [-0.1, -0.05) is 19.4 Å². The van der Waals surface area contributed by atoms with Crippen LogP contribution in [0.5, 0.6) is 0 Å². The third kappa shape index (κ3) is 2.47. The lowest BCUT2D eigenvalue weighted by Gasteiger charge is -1.98. The molecule has 3 nitrogen and oxygen atoms in total. The van der Waals surface area contributed by atoms with Crippen LogP contribution in [0.4, 0.5) is 0 Å². The normalized spacial score (nSPS) is 11.6. The average Bonchev–Trinajstić information content (AvgIpc) is 2.57. The highest BCUT2D eigenvalue weighted by molar-refractivity contribution is 6.18. The Balaban J connectivity index is 2.87. The predicted molar refractivity (Wildman–Crippen MR) is 50.8 cm³/mol. The quantitative estimate of drug-likeness (QED) is 0.718. The summed E-state index contributed by atoms with van der Waals surface area (Å²) >= 11 is 0. The van der Waals surface area contributed by atoms with Crippen molar-refractivity contribution in [1.82, 2.24) is 0 Å². The van der Waals surface area contributed by atoms with E-state index in [9.17, 15) is 4.79 Å². The number of unbranched alkanes of at least 4 members (excludes halogenated alkanes) is 1. The van der Waals surface area contributed by atoms with Crippen molar-refractivity contribution in [1.29, 1.82) is 0 Å². The molecule has 1 rings (SSSR count). The molecule has 0 aromatic carbocycles. The van der Waals surface area contributed by atoms with Crippen molar-refractivity contribution in [2.75, 3.05) is 0 Å². The highest BCUT2D eigenvalue weighted by Crippen LogP contribution is 2.15. The maximum atomic E-state index is 11.0. The topological polar surface area (TPSA) is 56.2 Å². The lowest BCUT2D eigenvalue weighted by molar-refractivity contribution is -0.112. The zero-order valence-corrected chi connectivity index (χ0v) is 7.62. The van der Waals surface area contributed by atoms with Gasteiger partial charge in [0.2, 0.25) is 5.91 Å². The molecule has 3 heteroatoms. The number of hydrogen-bond acceptors (Lipinski definition) is 2. The highest BCUT2D eigenvalue weighted by atomic mass is 16.3. The molecule has 1 aromatic rings. The van der Waals surface area contributed by atoms with E-state index in [0.717, 1.165) is 18.4 Å². The van der Waals surface area contributed by atoms with Crippen LogP contribution in [0, 0.1) is 0 Å². The maximum absolute atomic E-state index is 11.0. The molecule has 2 N–H and O–H groups in total. The van der Waals surface area contributed by atoms with E-state index < -0.39 is 5.91 Å². The van der Waals surface area contributed by atoms with Crippen molar-refractivity contribution in [3.8, 4) is 0 Å². The van der Waals surface area contributed by atoms with E-state index in [1.807, 2.05) is 13.0 Å². The van der Waals surface area contributed by atoms with Crippen LogP contribution in [-0.4, -0.2) is 5.91 Å². The van der Waals surface area contributed by atoms with Gasteiger partial charge in [0.15, 0.2) is 0 Å². The highest BCUT2D eigenvalue weighted by Gasteiger charge is 2.07. The van der Waals surface area contributed by atoms with E-state index in [0.29, 0.717) is 5.57 Å². The number of hydrogen-bond donors (Lipinski definition) is 1. The van der Waals surface area contributed by atoms with Crippen molar-refractivity contribution < 1.29 is 9.21 Å². The molecule has 70 valence electrons. The molecule has 0 saturated heterocycles. The fourth-order valence-corrected chi connectivity index (χ4v) is 1.07. The molecule has 0 aliphatic heterocycles. The van der Waals surface area contributed by atoms with Crippen LogP contribution in [0.25, 0.3) is 5.57 Å². The molecule has 0 fully saturated rings. The van der Waals surface area contributed by atoms with Crippen molar-refractivity contribution in [2.24, 2.45) is 5.73 Å². The molecule has 0 unspecified atom stereocenters. The fraction of sp³-hybridized carbons (Fsp3) is 0.300. The molecular weight excluding hydrogens is 166 g/mol. The first-order valence-corrected chi connectivity index (χ1v) is 4.28. The van der Waals surface area contributed by atoms with Gasteiger partial charge in [-0.15, -0.1) is 0 Å². The van der Waals surface area contributed by atoms with Gasteiger partial charge in [-0.05, 0) is 12.5 Å². The van der Waals surface area contributed by atoms with Crippen LogP contribution in [0.15, 0.2) is 29.1 Å². The van der Waals surface area contributed by atoms with E-state index in [-0.39, 0.29) is 0 Å². The van der Waals surface area contributed by atoms with Crippen LogP contribution in [-0.2, 0) is 4.79 Å². The Morgan fingerprint density at radius 1 is 1.69 bits per heavy atom. The van der Waals surface area contributed by atoms with Crippen molar-refractivity contribution in [3.05, 3.63) is 30.2 Å². The minimum absolute atomic E-state index is 0.408. The molecule has 13 heavy (non-hydrogen) atoms. The van der Waals surface area contributed by atoms with Gasteiger partial charge in [-0.2, -0.15) is 0 Å². The predicted octanol–water partition coefficient (Wildman–Crippen LogP) is 1.95. The summed E-state index contributed by atoms with van der Waals surface area (Å²) in [4.78, 5) is 11.0. The van der Waals surface area contributed by atoms with Crippen molar-refractivity contribution >= 4 is 11.5 Å². The molecule has 0 bridgehead atoms. The van der Waals surface area contributed by atoms with E-state index in [2.05, 4.69) is 0 Å². The smallest absolute Gasteiger partial charge is 0.249 e. The molecule has 0 saturated carbocycles. The number of rotatable bonds is 4. The van der Waals surface area contributed by atoms with E-state index in [1.54, 1.807) is 6.07 Å². The lowest BCUT2D eigenvalue weighted by Crippen LogP contribution is -2.12. The Morgan fingerprint density at radius 2 is 2.46 bits per heavy atom. The van der Waals surface area contributed by atoms with Crippen molar-refractivity contribution in [2.45, 2.75) is 19.8 Å². The Kier molecular flexibility index (Phi) is 3.31. The van der Waals surface area contributed by atoms with Gasteiger partial charge in [0.25, 0.3) is 0 Å². The Morgan fingerprint density at radius 3 is 2.92 bits per heavy atom. The number of furan rings is 1. The second kappa shape index (κ2) is 4.50. The summed E-state index contributed by atoms with van der Waals surface area (Å²) in [6.45, 7) is 2.05. The first kappa shape index (κ1) is 9.58. The molecule has 1 aromatic heterocycles. The monoisotopic (exact) mass is 179 g/mol. The lowest BCUT2D eigenvalue weighted by atomic mass is 10.1. The molecular formula is C10H13NO2. The summed E-state index contributed by atoms with van der Waals surface area (Å²) in [6.07, 6.45) is 6.73. The summed E-state index contributed by atoms with van der Waals surface area (Å²) in [5.41, 5.74) is 6.51. The van der Waals surface area contributed by atoms with Gasteiger partial charge in [0, 0.05) is 11.1 Å². The fourth-order valence-electron chi connectivity index (χ4n) is 1.07. The largest absolute Gasteiger partial charge is 0.472 e. The van der Waals surface area contributed by atoms with Crippen LogP contribution in [0.3, 0.4) is 0 Å². The van der Waals surface area contributed by atoms with Crippen LogP contribution < -0.4 is 5.73 Å². The van der Waals surface area contributed by atoms with Crippen LogP contribution >= 0.6 is 0 Å². The third-order valence-corrected chi connectivity index (χ3v) is 1.73. The molecule has 0 aliphatic rings. The minimum atomic E-state index is -0.408. The van der Waals surface area contributed by atoms with Gasteiger partial charge in [-0.3, -0.25) is 4.79 Å². The number of carbonyl (C=O) groups excluding carboxylic acids is 1. The SMILES string of the molecule is CCC/C=C(/C(N)=O)c1ccoc1. The van der Waals surface area contributed by atoms with Crippen molar-refractivity contribution in [3.63, 3.8) is 0 Å². The van der Waals surface area contributed by atoms with Crippen LogP contribution in [0.1, 0.15) is 25.3 Å². The van der Waals surface area contributed by atoms with Gasteiger partial charge < -0.3 is 10.2 Å². The Hall–Kier alpha value is -1.51. The minimum Gasteiger partial charge on any atom is -0.472 e. The molecule has 0 atom stereocenters. The zero-order chi connectivity index (χ0) is 9.68. The standard InChI is InChI=1S/C10H13NO2/c1-2-3-4-9(10(11)12)8-5-6-13-7-8/h4-7H,2-3H2,1H3,(H2,11,12)/b9-4+. The first-order chi connectivity index (χ1) is 6.25. The summed E-state index contributed by atoms with van der Waals surface area (Å²) in [7, 11) is 0. The molecule has 0 aliphatic carbocycles. The average molecular weight is 179 g/mol. The number of amides is 1. The van der Waals surface area contributed by atoms with Gasteiger partial charge in [0.1, 0.15) is 0 Å². The third-order valence-electron chi connectivity index (χ3n) is 1.73. The van der Waals surface area contributed by atoms with Crippen LogP contribution in [0.2, 0.25) is 0 Å². The van der Waals surface area contributed by atoms with Gasteiger partial charge in [0.05, 0.1) is 12.5 Å². The van der Waals surface area contributed by atoms with E-state index in [1.165, 1.54) is 12.5 Å². The Labute approximate surface area is 77.2 Å². The molecule has 1 amide bonds. The summed E-state index contributed by atoms with van der Waals surface area (Å²) in [6, 6.07) is 1.73. The van der Waals surface area contributed by atoms with Gasteiger partial charge in [-0.25, -0.2) is 0 Å². The van der Waals surface area contributed by atoms with E-state index in [4.69, 9.17) is 10.2 Å². The second-order valence-electron chi connectivity index (χ2n) is 2.78. The summed E-state index contributed by atoms with van der Waals surface area (Å²) < 4.78 is 4.88. The zero-order valence-electron chi connectivity index (χ0n) is 7.62. The first-order valence-electron chi connectivity index (χ1n) is 4.28. The second-order valence-corrected chi connectivity index (χ2v) is 2.78. The summed E-state index contributed by atoms with van der Waals surface area (Å²) in [5.74, 6) is -0.408. The number of primary amides is 1. The summed E-state index contributed by atoms with van der Waals surface area (Å²) in [5, 5.41) is 0. The maximum Gasteiger partial charge on any atom is 0.249 e.